The second-order valence-corrected chi connectivity index (χ2v) is 6.43. The maximum Gasteiger partial charge on any atom is 0.0843 e. The Hall–Kier alpha value is -0.600. The van der Waals surface area contributed by atoms with Crippen LogP contribution in [0.4, 0.5) is 0 Å². The zero-order valence-electron chi connectivity index (χ0n) is 11.3. The van der Waals surface area contributed by atoms with Crippen LogP contribution in [0, 0.1) is 11.3 Å². The Morgan fingerprint density at radius 2 is 1.88 bits per heavy atom. The van der Waals surface area contributed by atoms with Crippen molar-refractivity contribution in [1.29, 1.82) is 0 Å². The molecule has 0 aromatic rings. The fraction of sp³-hybridized carbons (Fsp3) is 0.733. The largest absolute Gasteiger partial charge is 0.389 e. The molecule has 0 bridgehead atoms. The molecular weight excluding hydrogens is 212 g/mol. The zero-order valence-corrected chi connectivity index (χ0v) is 11.3. The van der Waals surface area contributed by atoms with Crippen molar-refractivity contribution in [3.05, 3.63) is 22.8 Å². The van der Waals surface area contributed by atoms with Gasteiger partial charge >= 0.3 is 0 Å². The summed E-state index contributed by atoms with van der Waals surface area (Å²) in [7, 11) is 0. The molecule has 0 unspecified atom stereocenters. The van der Waals surface area contributed by atoms with E-state index in [9.17, 15) is 10.2 Å². The van der Waals surface area contributed by atoms with Gasteiger partial charge in [-0.25, -0.2) is 0 Å². The van der Waals surface area contributed by atoms with Crippen molar-refractivity contribution in [2.24, 2.45) is 11.3 Å². The molecule has 2 rings (SSSR count). The molecule has 2 aliphatic carbocycles. The first kappa shape index (κ1) is 12.8. The summed E-state index contributed by atoms with van der Waals surface area (Å²) >= 11 is 0. The van der Waals surface area contributed by atoms with Gasteiger partial charge in [0.1, 0.15) is 0 Å². The van der Waals surface area contributed by atoms with Crippen LogP contribution in [0.2, 0.25) is 0 Å². The molecule has 0 amide bonds. The van der Waals surface area contributed by atoms with E-state index in [1.807, 2.05) is 13.0 Å². The Morgan fingerprint density at radius 3 is 2.53 bits per heavy atom. The van der Waals surface area contributed by atoms with Crippen molar-refractivity contribution in [3.8, 4) is 0 Å². The summed E-state index contributed by atoms with van der Waals surface area (Å²) in [5, 5.41) is 20.4. The number of aliphatic hydroxyl groups excluding tert-OH is 2. The molecule has 2 N–H and O–H groups in total. The van der Waals surface area contributed by atoms with Gasteiger partial charge in [0.05, 0.1) is 12.2 Å². The lowest BCUT2D eigenvalue weighted by Crippen LogP contribution is -2.25. The minimum Gasteiger partial charge on any atom is -0.389 e. The highest BCUT2D eigenvalue weighted by Gasteiger charge is 2.40. The molecule has 2 heteroatoms. The van der Waals surface area contributed by atoms with Crippen LogP contribution in [0.15, 0.2) is 22.8 Å². The molecule has 0 heterocycles. The van der Waals surface area contributed by atoms with E-state index in [-0.39, 0.29) is 17.6 Å². The van der Waals surface area contributed by atoms with Gasteiger partial charge in [0.15, 0.2) is 0 Å². The first-order chi connectivity index (χ1) is 7.83. The van der Waals surface area contributed by atoms with Crippen molar-refractivity contribution in [2.45, 2.75) is 59.2 Å². The standard InChI is InChI=1S/C15H24O2/c1-9-5-6-13(16)10(2)7-11-12(9)8-15(3,4)14(11)17/h7,9,13-14,16-17H,5-6,8H2,1-4H3/b10-7-/t9-,13+,14+/m1/s1. The Bertz CT molecular complexity index is 376. The Kier molecular flexibility index (Phi) is 3.21. The third-order valence-electron chi connectivity index (χ3n) is 4.43. The third-order valence-corrected chi connectivity index (χ3v) is 4.43. The van der Waals surface area contributed by atoms with Gasteiger partial charge in [-0.2, -0.15) is 0 Å². The van der Waals surface area contributed by atoms with Gasteiger partial charge in [-0.1, -0.05) is 32.4 Å². The second-order valence-electron chi connectivity index (χ2n) is 6.43. The molecule has 0 radical (unpaired) electrons. The molecule has 0 spiro atoms. The van der Waals surface area contributed by atoms with E-state index in [1.165, 1.54) is 5.57 Å². The Balaban J connectivity index is 2.44. The summed E-state index contributed by atoms with van der Waals surface area (Å²) < 4.78 is 0. The molecule has 0 aromatic carbocycles. The molecule has 0 fully saturated rings. The molecule has 0 saturated heterocycles. The van der Waals surface area contributed by atoms with Crippen LogP contribution in [0.3, 0.4) is 0 Å². The van der Waals surface area contributed by atoms with Crippen LogP contribution in [0.1, 0.15) is 47.0 Å². The fourth-order valence-electron chi connectivity index (χ4n) is 3.07. The Morgan fingerprint density at radius 1 is 1.24 bits per heavy atom. The van der Waals surface area contributed by atoms with Gasteiger partial charge in [-0.3, -0.25) is 0 Å². The predicted molar refractivity (Wildman–Crippen MR) is 69.6 cm³/mol. The van der Waals surface area contributed by atoms with E-state index in [4.69, 9.17) is 0 Å². The highest BCUT2D eigenvalue weighted by atomic mass is 16.3. The Labute approximate surface area is 104 Å². The topological polar surface area (TPSA) is 40.5 Å². The van der Waals surface area contributed by atoms with Gasteiger partial charge in [-0.15, -0.1) is 0 Å². The monoisotopic (exact) mass is 236 g/mol. The first-order valence-corrected chi connectivity index (χ1v) is 6.60. The van der Waals surface area contributed by atoms with E-state index >= 15 is 0 Å². The molecule has 0 aliphatic heterocycles. The summed E-state index contributed by atoms with van der Waals surface area (Å²) in [5.74, 6) is 0.473. The average Bonchev–Trinajstić information content (AvgIpc) is 2.47. The van der Waals surface area contributed by atoms with Crippen LogP contribution in [-0.4, -0.2) is 22.4 Å². The highest BCUT2D eigenvalue weighted by Crippen LogP contribution is 2.46. The number of allylic oxidation sites excluding steroid dienone is 1. The molecule has 3 atom stereocenters. The lowest BCUT2D eigenvalue weighted by atomic mass is 9.84. The van der Waals surface area contributed by atoms with Gasteiger partial charge in [0.2, 0.25) is 0 Å². The smallest absolute Gasteiger partial charge is 0.0843 e. The van der Waals surface area contributed by atoms with Gasteiger partial charge in [0, 0.05) is 0 Å². The van der Waals surface area contributed by atoms with Gasteiger partial charge < -0.3 is 10.2 Å². The van der Waals surface area contributed by atoms with E-state index < -0.39 is 0 Å². The van der Waals surface area contributed by atoms with Crippen LogP contribution in [0.25, 0.3) is 0 Å². The van der Waals surface area contributed by atoms with Gasteiger partial charge in [0.25, 0.3) is 0 Å². The van der Waals surface area contributed by atoms with E-state index in [0.29, 0.717) is 5.92 Å². The minimum atomic E-state index is -0.389. The SMILES string of the molecule is C/C1=C/C2=C(CC(C)(C)[C@H]2O)[C@H](C)CC[C@@H]1O. The molecule has 2 nitrogen and oxygen atoms in total. The van der Waals surface area contributed by atoms with Crippen molar-refractivity contribution in [3.63, 3.8) is 0 Å². The number of hydrogen-bond donors (Lipinski definition) is 2. The molecule has 17 heavy (non-hydrogen) atoms. The van der Waals surface area contributed by atoms with Crippen molar-refractivity contribution >= 4 is 0 Å². The van der Waals surface area contributed by atoms with Crippen molar-refractivity contribution < 1.29 is 10.2 Å². The number of aliphatic hydroxyl groups is 2. The molecular formula is C15H24O2. The maximum absolute atomic E-state index is 10.4. The highest BCUT2D eigenvalue weighted by molar-refractivity contribution is 5.41. The summed E-state index contributed by atoms with van der Waals surface area (Å²) in [6.45, 7) is 8.41. The minimum absolute atomic E-state index is 0.0645. The zero-order chi connectivity index (χ0) is 12.8. The summed E-state index contributed by atoms with van der Waals surface area (Å²) in [6, 6.07) is 0. The van der Waals surface area contributed by atoms with Crippen molar-refractivity contribution in [1.82, 2.24) is 0 Å². The maximum atomic E-state index is 10.4. The lowest BCUT2D eigenvalue weighted by molar-refractivity contribution is 0.0991. The first-order valence-electron chi connectivity index (χ1n) is 6.60. The molecule has 2 aliphatic rings. The summed E-state index contributed by atoms with van der Waals surface area (Å²) in [4.78, 5) is 0. The average molecular weight is 236 g/mol. The molecule has 96 valence electrons. The number of hydrogen-bond acceptors (Lipinski definition) is 2. The molecule has 0 aromatic heterocycles. The van der Waals surface area contributed by atoms with Crippen LogP contribution >= 0.6 is 0 Å². The van der Waals surface area contributed by atoms with Gasteiger partial charge in [-0.05, 0) is 48.7 Å². The van der Waals surface area contributed by atoms with Crippen LogP contribution in [-0.2, 0) is 0 Å². The van der Waals surface area contributed by atoms with E-state index in [2.05, 4.69) is 20.8 Å². The molecule has 0 saturated carbocycles. The normalized spacial score (nSPS) is 40.4. The van der Waals surface area contributed by atoms with Crippen molar-refractivity contribution in [2.75, 3.05) is 0 Å². The fourth-order valence-corrected chi connectivity index (χ4v) is 3.07. The second kappa shape index (κ2) is 4.25. The summed E-state index contributed by atoms with van der Waals surface area (Å²) in [6.07, 6.45) is 4.10. The van der Waals surface area contributed by atoms with Crippen LogP contribution < -0.4 is 0 Å². The number of rotatable bonds is 0. The van der Waals surface area contributed by atoms with E-state index in [0.717, 1.165) is 30.4 Å². The quantitative estimate of drug-likeness (QED) is 0.679. The third kappa shape index (κ3) is 2.21. The predicted octanol–water partition coefficient (Wildman–Crippen LogP) is 2.81. The van der Waals surface area contributed by atoms with E-state index in [1.54, 1.807) is 0 Å². The lowest BCUT2D eigenvalue weighted by Gasteiger charge is -2.24. The summed E-state index contributed by atoms with van der Waals surface area (Å²) in [5.41, 5.74) is 3.39. The van der Waals surface area contributed by atoms with Crippen LogP contribution in [0.5, 0.6) is 0 Å².